The zero-order valence-corrected chi connectivity index (χ0v) is 15.4. The van der Waals surface area contributed by atoms with Gasteiger partial charge in [-0.3, -0.25) is 4.79 Å². The van der Waals surface area contributed by atoms with E-state index < -0.39 is 0 Å². The van der Waals surface area contributed by atoms with Crippen molar-refractivity contribution >= 4 is 23.2 Å². The molecule has 0 aliphatic heterocycles. The van der Waals surface area contributed by atoms with Gasteiger partial charge in [-0.05, 0) is 49.9 Å². The van der Waals surface area contributed by atoms with Crippen molar-refractivity contribution in [2.24, 2.45) is 0 Å². The van der Waals surface area contributed by atoms with Crippen LogP contribution in [0.5, 0.6) is 0 Å². The second-order valence-corrected chi connectivity index (χ2v) is 7.22. The molecule has 0 bridgehead atoms. The summed E-state index contributed by atoms with van der Waals surface area (Å²) < 4.78 is 13.2. The third-order valence-electron chi connectivity index (χ3n) is 4.95. The molecule has 1 aromatic heterocycles. The van der Waals surface area contributed by atoms with E-state index in [0.29, 0.717) is 30.0 Å². The summed E-state index contributed by atoms with van der Waals surface area (Å²) in [6.07, 6.45) is 7.50. The zero-order chi connectivity index (χ0) is 18.4. The molecule has 4 nitrogen and oxygen atoms in total. The number of nitrogens with one attached hydrogen (secondary N) is 2. The lowest BCUT2D eigenvalue weighted by Gasteiger charge is -2.31. The minimum atomic E-state index is -0.239. The molecule has 1 fully saturated rings. The molecule has 1 amide bonds. The van der Waals surface area contributed by atoms with Gasteiger partial charge in [0.1, 0.15) is 12.4 Å². The Hall–Kier alpha value is -1.98. The van der Waals surface area contributed by atoms with Gasteiger partial charge in [0, 0.05) is 11.8 Å². The van der Waals surface area contributed by atoms with Crippen molar-refractivity contribution in [3.63, 3.8) is 0 Å². The number of halogens is 2. The molecular formula is C20H24ClFN3O+. The van der Waals surface area contributed by atoms with Crippen LogP contribution in [0.4, 0.5) is 10.1 Å². The van der Waals surface area contributed by atoms with E-state index in [1.807, 2.05) is 0 Å². The molecule has 2 N–H and O–H groups in total. The fourth-order valence-corrected chi connectivity index (χ4v) is 3.77. The van der Waals surface area contributed by atoms with Gasteiger partial charge in [-0.15, -0.1) is 0 Å². The third kappa shape index (κ3) is 5.26. The molecule has 1 unspecified atom stereocenters. The van der Waals surface area contributed by atoms with Crippen molar-refractivity contribution < 1.29 is 14.1 Å². The van der Waals surface area contributed by atoms with Gasteiger partial charge in [-0.1, -0.05) is 30.2 Å². The smallest absolute Gasteiger partial charge is 0.279 e. The standard InChI is InChI=1S/C20H23ClFN3O/c21-20-18(7-4-12-23-20)24-19(26)14-25(17-5-2-1-3-6-17)13-15-8-10-16(22)11-9-15/h4,7-12,17H,1-3,5-6,13-14H2,(H,24,26)/p+1. The molecule has 0 radical (unpaired) electrons. The molecule has 1 saturated carbocycles. The second-order valence-electron chi connectivity index (χ2n) is 6.86. The van der Waals surface area contributed by atoms with Gasteiger partial charge in [0.15, 0.2) is 11.7 Å². The number of quaternary nitrogens is 1. The number of rotatable bonds is 6. The molecule has 3 rings (SSSR count). The number of hydrogen-bond donors (Lipinski definition) is 2. The van der Waals surface area contributed by atoms with Crippen LogP contribution in [0.15, 0.2) is 42.6 Å². The molecule has 1 heterocycles. The first-order valence-electron chi connectivity index (χ1n) is 9.11. The maximum atomic E-state index is 13.2. The molecule has 2 aromatic rings. The Labute approximate surface area is 158 Å². The third-order valence-corrected chi connectivity index (χ3v) is 5.25. The van der Waals surface area contributed by atoms with Gasteiger partial charge < -0.3 is 10.2 Å². The average molecular weight is 377 g/mol. The molecule has 138 valence electrons. The van der Waals surface area contributed by atoms with Crippen LogP contribution in [0.2, 0.25) is 5.15 Å². The summed E-state index contributed by atoms with van der Waals surface area (Å²) in [5, 5.41) is 3.15. The quantitative estimate of drug-likeness (QED) is 0.760. The summed E-state index contributed by atoms with van der Waals surface area (Å²) in [4.78, 5) is 17.8. The summed E-state index contributed by atoms with van der Waals surface area (Å²) in [6.45, 7) is 1.06. The lowest BCUT2D eigenvalue weighted by molar-refractivity contribution is -0.932. The summed E-state index contributed by atoms with van der Waals surface area (Å²) in [7, 11) is 0. The van der Waals surface area contributed by atoms with Gasteiger partial charge in [0.2, 0.25) is 0 Å². The van der Waals surface area contributed by atoms with Gasteiger partial charge in [-0.2, -0.15) is 0 Å². The zero-order valence-electron chi connectivity index (χ0n) is 14.7. The van der Waals surface area contributed by atoms with Crippen molar-refractivity contribution in [2.45, 2.75) is 44.7 Å². The normalized spacial score (nSPS) is 16.2. The monoisotopic (exact) mass is 376 g/mol. The summed E-state index contributed by atoms with van der Waals surface area (Å²) in [5.74, 6) is -0.320. The van der Waals surface area contributed by atoms with Gasteiger partial charge in [-0.25, -0.2) is 9.37 Å². The van der Waals surface area contributed by atoms with Crippen molar-refractivity contribution in [3.05, 3.63) is 59.1 Å². The highest BCUT2D eigenvalue weighted by molar-refractivity contribution is 6.32. The van der Waals surface area contributed by atoms with Crippen molar-refractivity contribution in [2.75, 3.05) is 11.9 Å². The van der Waals surface area contributed by atoms with Crippen LogP contribution in [0.3, 0.4) is 0 Å². The minimum Gasteiger partial charge on any atom is -0.321 e. The lowest BCUT2D eigenvalue weighted by atomic mass is 9.93. The Morgan fingerprint density at radius 1 is 1.19 bits per heavy atom. The summed E-state index contributed by atoms with van der Waals surface area (Å²) >= 11 is 6.03. The SMILES string of the molecule is O=C(C[NH+](Cc1ccc(F)cc1)C1CCCCC1)Nc1cccnc1Cl. The van der Waals surface area contributed by atoms with Gasteiger partial charge in [0.25, 0.3) is 5.91 Å². The first-order chi connectivity index (χ1) is 12.6. The molecule has 6 heteroatoms. The van der Waals surface area contributed by atoms with Crippen LogP contribution >= 0.6 is 11.6 Å². The van der Waals surface area contributed by atoms with E-state index >= 15 is 0 Å². The van der Waals surface area contributed by atoms with Crippen LogP contribution < -0.4 is 10.2 Å². The van der Waals surface area contributed by atoms with Gasteiger partial charge >= 0.3 is 0 Å². The Balaban J connectivity index is 1.69. The van der Waals surface area contributed by atoms with E-state index in [1.165, 1.54) is 36.3 Å². The number of hydrogen-bond acceptors (Lipinski definition) is 2. The highest BCUT2D eigenvalue weighted by Gasteiger charge is 2.27. The summed E-state index contributed by atoms with van der Waals surface area (Å²) in [6, 6.07) is 10.5. The Morgan fingerprint density at radius 2 is 1.92 bits per heavy atom. The Bertz CT molecular complexity index is 732. The van der Waals surface area contributed by atoms with Crippen LogP contribution in [-0.4, -0.2) is 23.5 Å². The average Bonchev–Trinajstić information content (AvgIpc) is 2.65. The van der Waals surface area contributed by atoms with Gasteiger partial charge in [0.05, 0.1) is 11.7 Å². The lowest BCUT2D eigenvalue weighted by Crippen LogP contribution is -3.15. The molecular weight excluding hydrogens is 353 g/mol. The van der Waals surface area contributed by atoms with Crippen LogP contribution in [0.1, 0.15) is 37.7 Å². The molecule has 0 saturated heterocycles. The minimum absolute atomic E-state index is 0.0809. The molecule has 1 aromatic carbocycles. The Kier molecular flexibility index (Phi) is 6.58. The second kappa shape index (κ2) is 9.10. The highest BCUT2D eigenvalue weighted by Crippen LogP contribution is 2.18. The molecule has 1 atom stereocenters. The number of carbonyl (C=O) groups excluding carboxylic acids is 1. The topological polar surface area (TPSA) is 46.4 Å². The Morgan fingerprint density at radius 3 is 2.62 bits per heavy atom. The molecule has 1 aliphatic rings. The molecule has 26 heavy (non-hydrogen) atoms. The number of nitrogens with zero attached hydrogens (tertiary/aromatic N) is 1. The predicted octanol–water partition coefficient (Wildman–Crippen LogP) is 3.23. The van der Waals surface area contributed by atoms with E-state index in [9.17, 15) is 9.18 Å². The summed E-state index contributed by atoms with van der Waals surface area (Å²) in [5.41, 5.74) is 1.57. The van der Waals surface area contributed by atoms with E-state index in [-0.39, 0.29) is 11.7 Å². The van der Waals surface area contributed by atoms with E-state index in [0.717, 1.165) is 18.4 Å². The maximum absolute atomic E-state index is 13.2. The van der Waals surface area contributed by atoms with Crippen LogP contribution in [0, 0.1) is 5.82 Å². The molecule has 1 aliphatic carbocycles. The maximum Gasteiger partial charge on any atom is 0.279 e. The van der Waals surface area contributed by atoms with Crippen LogP contribution in [-0.2, 0) is 11.3 Å². The molecule has 0 spiro atoms. The number of benzene rings is 1. The first kappa shape index (κ1) is 18.8. The highest BCUT2D eigenvalue weighted by atomic mass is 35.5. The van der Waals surface area contributed by atoms with Crippen molar-refractivity contribution in [1.82, 2.24) is 4.98 Å². The first-order valence-corrected chi connectivity index (χ1v) is 9.49. The number of aromatic nitrogens is 1. The number of anilines is 1. The largest absolute Gasteiger partial charge is 0.321 e. The van der Waals surface area contributed by atoms with E-state index in [4.69, 9.17) is 11.6 Å². The van der Waals surface area contributed by atoms with Crippen LogP contribution in [0.25, 0.3) is 0 Å². The van der Waals surface area contributed by atoms with Crippen molar-refractivity contribution in [3.8, 4) is 0 Å². The number of pyridine rings is 1. The van der Waals surface area contributed by atoms with Crippen molar-refractivity contribution in [1.29, 1.82) is 0 Å². The predicted molar refractivity (Wildman–Crippen MR) is 101 cm³/mol. The number of carbonyl (C=O) groups is 1. The number of amides is 1. The van der Waals surface area contributed by atoms with E-state index in [2.05, 4.69) is 10.3 Å². The fraction of sp³-hybridized carbons (Fsp3) is 0.400. The van der Waals surface area contributed by atoms with E-state index in [1.54, 1.807) is 30.5 Å². The fourth-order valence-electron chi connectivity index (χ4n) is 3.61.